The van der Waals surface area contributed by atoms with Crippen LogP contribution in [0.15, 0.2) is 15.2 Å². The van der Waals surface area contributed by atoms with Crippen molar-refractivity contribution in [2.75, 3.05) is 0 Å². The van der Waals surface area contributed by atoms with Crippen molar-refractivity contribution in [1.82, 2.24) is 0 Å². The summed E-state index contributed by atoms with van der Waals surface area (Å²) in [5.41, 5.74) is 1.98. The lowest BCUT2D eigenvalue weighted by Crippen LogP contribution is -2.54. The van der Waals surface area contributed by atoms with E-state index in [0.29, 0.717) is 0 Å². The van der Waals surface area contributed by atoms with Gasteiger partial charge in [0.2, 0.25) is 5.60 Å². The van der Waals surface area contributed by atoms with Gasteiger partial charge in [-0.3, -0.25) is 0 Å². The zero-order valence-corrected chi connectivity index (χ0v) is 10.1. The van der Waals surface area contributed by atoms with Crippen LogP contribution >= 0.6 is 27.3 Å². The highest BCUT2D eigenvalue weighted by Crippen LogP contribution is 2.44. The van der Waals surface area contributed by atoms with Crippen molar-refractivity contribution in [2.45, 2.75) is 24.7 Å². The molecule has 1 heterocycles. The van der Waals surface area contributed by atoms with Gasteiger partial charge in [-0.1, -0.05) is 0 Å². The molecule has 86 valence electrons. The number of alkyl halides is 3. The highest BCUT2D eigenvalue weighted by molar-refractivity contribution is 9.10. The summed E-state index contributed by atoms with van der Waals surface area (Å²) in [5.74, 6) is 0. The number of nitrogens with two attached hydrogens (primary N) is 1. The number of rotatable bonds is 2. The minimum Gasteiger partial charge on any atom is -0.375 e. The van der Waals surface area contributed by atoms with Crippen molar-refractivity contribution >= 4 is 27.3 Å². The van der Waals surface area contributed by atoms with E-state index < -0.39 is 17.8 Å². The first kappa shape index (κ1) is 13.0. The van der Waals surface area contributed by atoms with Gasteiger partial charge in [0.1, 0.15) is 0 Å². The minimum atomic E-state index is -4.80. The third-order valence-electron chi connectivity index (χ3n) is 2.12. The van der Waals surface area contributed by atoms with Crippen LogP contribution in [0.4, 0.5) is 13.2 Å². The summed E-state index contributed by atoms with van der Waals surface area (Å²) in [6.07, 6.45) is -4.80. The Morgan fingerprint density at radius 2 is 2.00 bits per heavy atom. The molecule has 2 unspecified atom stereocenters. The SMILES string of the molecule is CC(N)C(O)(c1cscc1Br)C(F)(F)F. The van der Waals surface area contributed by atoms with E-state index >= 15 is 0 Å². The Bertz CT molecular complexity index is 352. The lowest BCUT2D eigenvalue weighted by molar-refractivity contribution is -0.273. The smallest absolute Gasteiger partial charge is 0.375 e. The quantitative estimate of drug-likeness (QED) is 0.882. The van der Waals surface area contributed by atoms with Crippen LogP contribution in [0.1, 0.15) is 12.5 Å². The van der Waals surface area contributed by atoms with E-state index in [2.05, 4.69) is 15.9 Å². The number of thiophene rings is 1. The van der Waals surface area contributed by atoms with E-state index in [4.69, 9.17) is 5.73 Å². The molecule has 3 N–H and O–H groups in total. The lowest BCUT2D eigenvalue weighted by Gasteiger charge is -2.33. The maximum absolute atomic E-state index is 12.8. The van der Waals surface area contributed by atoms with Crippen LogP contribution in [-0.4, -0.2) is 17.3 Å². The summed E-state index contributed by atoms with van der Waals surface area (Å²) < 4.78 is 38.5. The molecule has 0 fully saturated rings. The van der Waals surface area contributed by atoms with E-state index in [-0.39, 0.29) is 10.0 Å². The van der Waals surface area contributed by atoms with Gasteiger partial charge >= 0.3 is 6.18 Å². The second-order valence-electron chi connectivity index (χ2n) is 3.19. The van der Waals surface area contributed by atoms with Crippen LogP contribution in [0.25, 0.3) is 0 Å². The van der Waals surface area contributed by atoms with Crippen molar-refractivity contribution in [3.63, 3.8) is 0 Å². The van der Waals surface area contributed by atoms with Crippen molar-refractivity contribution in [3.8, 4) is 0 Å². The maximum atomic E-state index is 12.8. The van der Waals surface area contributed by atoms with Gasteiger partial charge in [-0.15, -0.1) is 0 Å². The molecule has 0 spiro atoms. The Kier molecular flexibility index (Phi) is 3.49. The minimum absolute atomic E-state index is 0.213. The maximum Gasteiger partial charge on any atom is 0.423 e. The predicted molar refractivity (Wildman–Crippen MR) is 55.6 cm³/mol. The molecular formula is C8H9BrF3NOS. The summed E-state index contributed by atoms with van der Waals surface area (Å²) in [5, 5.41) is 12.4. The van der Waals surface area contributed by atoms with Crippen molar-refractivity contribution in [1.29, 1.82) is 0 Å². The fraction of sp³-hybridized carbons (Fsp3) is 0.500. The molecule has 1 rings (SSSR count). The standard InChI is InChI=1S/C8H9BrF3NOS/c1-4(13)7(14,8(10,11)12)5-2-15-3-6(5)9/h2-4,14H,13H2,1H3. The first-order valence-corrected chi connectivity index (χ1v) is 5.71. The largest absolute Gasteiger partial charge is 0.423 e. The summed E-state index contributed by atoms with van der Waals surface area (Å²) in [7, 11) is 0. The molecule has 0 saturated heterocycles. The average molecular weight is 304 g/mol. The summed E-state index contributed by atoms with van der Waals surface area (Å²) in [6.45, 7) is 1.12. The van der Waals surface area contributed by atoms with Gasteiger partial charge in [0, 0.05) is 21.5 Å². The number of aliphatic hydroxyl groups is 1. The van der Waals surface area contributed by atoms with Gasteiger partial charge < -0.3 is 10.8 Å². The Labute approximate surface area is 97.0 Å². The average Bonchev–Trinajstić information content (AvgIpc) is 2.47. The van der Waals surface area contributed by atoms with E-state index in [1.54, 1.807) is 0 Å². The van der Waals surface area contributed by atoms with Crippen LogP contribution in [0.3, 0.4) is 0 Å². The van der Waals surface area contributed by atoms with Crippen LogP contribution in [-0.2, 0) is 5.60 Å². The molecule has 0 aliphatic heterocycles. The van der Waals surface area contributed by atoms with Crippen molar-refractivity contribution in [2.24, 2.45) is 5.73 Å². The molecule has 1 aromatic heterocycles. The van der Waals surface area contributed by atoms with Gasteiger partial charge in [0.15, 0.2) is 0 Å². The Morgan fingerprint density at radius 3 is 2.27 bits per heavy atom. The molecule has 2 nitrogen and oxygen atoms in total. The second kappa shape index (κ2) is 4.04. The first-order valence-electron chi connectivity index (χ1n) is 3.98. The van der Waals surface area contributed by atoms with Gasteiger partial charge in [-0.2, -0.15) is 24.5 Å². The topological polar surface area (TPSA) is 46.2 Å². The summed E-state index contributed by atoms with van der Waals surface area (Å²) in [4.78, 5) is 0. The van der Waals surface area contributed by atoms with Crippen LogP contribution in [0.5, 0.6) is 0 Å². The second-order valence-corrected chi connectivity index (χ2v) is 4.78. The molecular weight excluding hydrogens is 295 g/mol. The first-order chi connectivity index (χ1) is 6.71. The molecule has 0 aromatic carbocycles. The third kappa shape index (κ3) is 2.06. The zero-order chi connectivity index (χ0) is 11.9. The van der Waals surface area contributed by atoms with E-state index in [0.717, 1.165) is 18.3 Å². The van der Waals surface area contributed by atoms with E-state index in [9.17, 15) is 18.3 Å². The van der Waals surface area contributed by atoms with Crippen LogP contribution < -0.4 is 5.73 Å². The molecule has 0 radical (unpaired) electrons. The molecule has 15 heavy (non-hydrogen) atoms. The molecule has 0 amide bonds. The zero-order valence-electron chi connectivity index (χ0n) is 7.68. The molecule has 0 aliphatic rings. The summed E-state index contributed by atoms with van der Waals surface area (Å²) >= 11 is 4.02. The highest BCUT2D eigenvalue weighted by Gasteiger charge is 2.58. The molecule has 2 atom stereocenters. The fourth-order valence-electron chi connectivity index (χ4n) is 1.21. The van der Waals surface area contributed by atoms with Gasteiger partial charge in [-0.25, -0.2) is 0 Å². The number of hydrogen-bond donors (Lipinski definition) is 2. The van der Waals surface area contributed by atoms with Crippen molar-refractivity contribution in [3.05, 3.63) is 20.8 Å². The third-order valence-corrected chi connectivity index (χ3v) is 3.82. The monoisotopic (exact) mass is 303 g/mol. The molecule has 7 heteroatoms. The van der Waals surface area contributed by atoms with Gasteiger partial charge in [0.05, 0.1) is 0 Å². The Hall–Kier alpha value is -0.110. The lowest BCUT2D eigenvalue weighted by atomic mass is 9.89. The fourth-order valence-corrected chi connectivity index (χ4v) is 2.86. The van der Waals surface area contributed by atoms with Crippen LogP contribution in [0, 0.1) is 0 Å². The number of hydrogen-bond acceptors (Lipinski definition) is 3. The summed E-state index contributed by atoms with van der Waals surface area (Å²) in [6, 6.07) is -1.44. The molecule has 1 aromatic rings. The number of halogens is 4. The Balaban J connectivity index is 3.32. The van der Waals surface area contributed by atoms with E-state index in [1.165, 1.54) is 10.8 Å². The van der Waals surface area contributed by atoms with Gasteiger partial charge in [-0.05, 0) is 28.2 Å². The Morgan fingerprint density at radius 1 is 1.47 bits per heavy atom. The highest BCUT2D eigenvalue weighted by atomic mass is 79.9. The molecule has 0 saturated carbocycles. The van der Waals surface area contributed by atoms with E-state index in [1.807, 2.05) is 0 Å². The predicted octanol–water partition coefficient (Wildman–Crippen LogP) is 2.61. The molecule has 0 bridgehead atoms. The van der Waals surface area contributed by atoms with Crippen LogP contribution in [0.2, 0.25) is 0 Å². The van der Waals surface area contributed by atoms with Gasteiger partial charge in [0.25, 0.3) is 0 Å². The molecule has 0 aliphatic carbocycles. The van der Waals surface area contributed by atoms with Crippen molar-refractivity contribution < 1.29 is 18.3 Å². The normalized spacial score (nSPS) is 18.6.